The first-order chi connectivity index (χ1) is 11.6. The Morgan fingerprint density at radius 3 is 2.36 bits per heavy atom. The number of benzene rings is 1. The van der Waals surface area contributed by atoms with Gasteiger partial charge in [0.2, 0.25) is 15.9 Å². The topological polar surface area (TPSA) is 104 Å². The van der Waals surface area contributed by atoms with Gasteiger partial charge < -0.3 is 9.80 Å². The Morgan fingerprint density at radius 2 is 1.84 bits per heavy atom. The van der Waals surface area contributed by atoms with Crippen LogP contribution >= 0.6 is 0 Å². The van der Waals surface area contributed by atoms with Crippen LogP contribution in [0.3, 0.4) is 0 Å². The van der Waals surface area contributed by atoms with Gasteiger partial charge in [0.05, 0.1) is 17.2 Å². The van der Waals surface area contributed by atoms with Crippen LogP contribution in [-0.4, -0.2) is 69.2 Å². The summed E-state index contributed by atoms with van der Waals surface area (Å²) in [5, 5.41) is 11.1. The normalized spacial score (nSPS) is 15.2. The number of carbonyl (C=O) groups is 1. The quantitative estimate of drug-likeness (QED) is 0.544. The third-order valence-electron chi connectivity index (χ3n) is 4.12. The number of amides is 1. The molecule has 1 aromatic rings. The Labute approximate surface area is 147 Å². The number of hydrogen-bond donors (Lipinski definition) is 0. The molecular weight excluding hydrogens is 348 g/mol. The van der Waals surface area contributed by atoms with Crippen molar-refractivity contribution in [3.63, 3.8) is 0 Å². The number of sulfonamides is 1. The van der Waals surface area contributed by atoms with Gasteiger partial charge in [-0.2, -0.15) is 4.31 Å². The van der Waals surface area contributed by atoms with Gasteiger partial charge in [-0.25, -0.2) is 8.42 Å². The summed E-state index contributed by atoms with van der Waals surface area (Å²) in [4.78, 5) is 25.1. The van der Waals surface area contributed by atoms with Crippen LogP contribution in [0.15, 0.2) is 23.1 Å². The molecule has 0 aromatic heterocycles. The maximum atomic E-state index is 12.9. The second kappa shape index (κ2) is 7.36. The third-order valence-corrected chi connectivity index (χ3v) is 6.05. The van der Waals surface area contributed by atoms with Crippen molar-refractivity contribution < 1.29 is 18.1 Å². The number of non-ortho nitro benzene ring substituents is 1. The fourth-order valence-electron chi connectivity index (χ4n) is 2.64. The zero-order chi connectivity index (χ0) is 18.8. The molecule has 1 saturated heterocycles. The molecule has 0 N–H and O–H groups in total. The van der Waals surface area contributed by atoms with Crippen molar-refractivity contribution in [2.24, 2.45) is 0 Å². The predicted octanol–water partition coefficient (Wildman–Crippen LogP) is 0.904. The van der Waals surface area contributed by atoms with Gasteiger partial charge in [0.15, 0.2) is 0 Å². The first-order valence-electron chi connectivity index (χ1n) is 7.84. The molecule has 1 fully saturated rings. The van der Waals surface area contributed by atoms with Gasteiger partial charge in [0, 0.05) is 46.4 Å². The van der Waals surface area contributed by atoms with Crippen molar-refractivity contribution >= 4 is 27.3 Å². The number of nitrogens with zero attached hydrogens (tertiary/aromatic N) is 4. The molecule has 138 valence electrons. The molecule has 1 amide bonds. The Balaban J connectivity index is 2.49. The molecule has 1 aromatic carbocycles. The maximum absolute atomic E-state index is 12.9. The summed E-state index contributed by atoms with van der Waals surface area (Å²) < 4.78 is 27.2. The van der Waals surface area contributed by atoms with E-state index in [1.165, 1.54) is 26.2 Å². The summed E-state index contributed by atoms with van der Waals surface area (Å²) in [5.41, 5.74) is -0.0263. The van der Waals surface area contributed by atoms with Crippen LogP contribution in [0.25, 0.3) is 0 Å². The van der Waals surface area contributed by atoms with Gasteiger partial charge in [-0.15, -0.1) is 0 Å². The smallest absolute Gasteiger partial charge is 0.270 e. The molecule has 10 heteroatoms. The van der Waals surface area contributed by atoms with Crippen molar-refractivity contribution in [1.29, 1.82) is 0 Å². The van der Waals surface area contributed by atoms with Crippen LogP contribution in [0.2, 0.25) is 0 Å². The summed E-state index contributed by atoms with van der Waals surface area (Å²) in [7, 11) is 0.935. The van der Waals surface area contributed by atoms with E-state index in [2.05, 4.69) is 0 Å². The van der Waals surface area contributed by atoms with Gasteiger partial charge in [-0.1, -0.05) is 0 Å². The lowest BCUT2D eigenvalue weighted by atomic mass is 10.2. The first kappa shape index (κ1) is 19.1. The zero-order valence-electron chi connectivity index (χ0n) is 14.5. The molecule has 0 saturated carbocycles. The minimum absolute atomic E-state index is 0.0344. The summed E-state index contributed by atoms with van der Waals surface area (Å²) >= 11 is 0. The number of likely N-dealkylation sites (N-methyl/N-ethyl adjacent to an activating group) is 2. The Hall–Kier alpha value is -2.20. The molecule has 0 bridgehead atoms. The number of carbonyl (C=O) groups excluding carboxylic acids is 1. The summed E-state index contributed by atoms with van der Waals surface area (Å²) in [5.74, 6) is -0.203. The number of nitro benzene ring substituents is 1. The standard InChI is InChI=1S/C15H22N4O5S/c1-16(2)15(20)11-17(3)13-7-6-12(19(21)22)10-14(13)25(23,24)18-8-4-5-9-18/h6-7,10H,4-5,8-9,11H2,1-3H3. The van der Waals surface area contributed by atoms with E-state index in [-0.39, 0.29) is 28.7 Å². The van der Waals surface area contributed by atoms with Crippen molar-refractivity contribution in [2.75, 3.05) is 45.7 Å². The highest BCUT2D eigenvalue weighted by Crippen LogP contribution is 2.32. The average molecular weight is 370 g/mol. The molecule has 0 unspecified atom stereocenters. The highest BCUT2D eigenvalue weighted by atomic mass is 32.2. The van der Waals surface area contributed by atoms with Crippen molar-refractivity contribution in [1.82, 2.24) is 9.21 Å². The van der Waals surface area contributed by atoms with E-state index in [1.54, 1.807) is 21.1 Å². The molecule has 1 heterocycles. The van der Waals surface area contributed by atoms with Gasteiger partial charge >= 0.3 is 0 Å². The van der Waals surface area contributed by atoms with E-state index < -0.39 is 14.9 Å². The van der Waals surface area contributed by atoms with Crippen LogP contribution < -0.4 is 4.90 Å². The van der Waals surface area contributed by atoms with E-state index in [0.717, 1.165) is 18.9 Å². The molecule has 1 aliphatic heterocycles. The van der Waals surface area contributed by atoms with Gasteiger partial charge in [-0.3, -0.25) is 14.9 Å². The Morgan fingerprint density at radius 1 is 1.24 bits per heavy atom. The molecule has 9 nitrogen and oxygen atoms in total. The fraction of sp³-hybridized carbons (Fsp3) is 0.533. The maximum Gasteiger partial charge on any atom is 0.270 e. The van der Waals surface area contributed by atoms with E-state index >= 15 is 0 Å². The van der Waals surface area contributed by atoms with Crippen LogP contribution in [-0.2, 0) is 14.8 Å². The zero-order valence-corrected chi connectivity index (χ0v) is 15.3. The molecule has 0 aliphatic carbocycles. The molecule has 0 atom stereocenters. The minimum atomic E-state index is -3.86. The molecule has 1 aliphatic rings. The Kier molecular flexibility index (Phi) is 5.63. The highest BCUT2D eigenvalue weighted by Gasteiger charge is 2.32. The summed E-state index contributed by atoms with van der Waals surface area (Å²) in [6.45, 7) is 0.753. The largest absolute Gasteiger partial charge is 0.364 e. The van der Waals surface area contributed by atoms with Crippen LogP contribution in [0.5, 0.6) is 0 Å². The van der Waals surface area contributed by atoms with E-state index in [1.807, 2.05) is 0 Å². The number of hydrogen-bond acceptors (Lipinski definition) is 6. The fourth-order valence-corrected chi connectivity index (χ4v) is 4.41. The number of anilines is 1. The summed E-state index contributed by atoms with van der Waals surface area (Å²) in [6, 6.07) is 3.69. The number of nitro groups is 1. The molecule has 0 radical (unpaired) electrons. The monoisotopic (exact) mass is 370 g/mol. The molecular formula is C15H22N4O5S. The highest BCUT2D eigenvalue weighted by molar-refractivity contribution is 7.89. The van der Waals surface area contributed by atoms with E-state index in [4.69, 9.17) is 0 Å². The average Bonchev–Trinajstić information content (AvgIpc) is 3.09. The molecule has 0 spiro atoms. The van der Waals surface area contributed by atoms with Crippen molar-refractivity contribution in [2.45, 2.75) is 17.7 Å². The SMILES string of the molecule is CN(C)C(=O)CN(C)c1ccc([N+](=O)[O-])cc1S(=O)(=O)N1CCCC1. The van der Waals surface area contributed by atoms with Crippen molar-refractivity contribution in [3.05, 3.63) is 28.3 Å². The second-order valence-corrected chi connectivity index (χ2v) is 8.07. The van der Waals surface area contributed by atoms with E-state index in [0.29, 0.717) is 13.1 Å². The second-order valence-electron chi connectivity index (χ2n) is 6.16. The van der Waals surface area contributed by atoms with Crippen molar-refractivity contribution in [3.8, 4) is 0 Å². The first-order valence-corrected chi connectivity index (χ1v) is 9.28. The van der Waals surface area contributed by atoms with Crippen LogP contribution in [0.4, 0.5) is 11.4 Å². The van der Waals surface area contributed by atoms with Crippen LogP contribution in [0, 0.1) is 10.1 Å². The minimum Gasteiger partial charge on any atom is -0.364 e. The third kappa shape index (κ3) is 4.07. The van der Waals surface area contributed by atoms with E-state index in [9.17, 15) is 23.3 Å². The molecule has 25 heavy (non-hydrogen) atoms. The number of rotatable bonds is 6. The Bertz CT molecular complexity index is 772. The predicted molar refractivity (Wildman–Crippen MR) is 93.1 cm³/mol. The van der Waals surface area contributed by atoms with Gasteiger partial charge in [0.25, 0.3) is 5.69 Å². The van der Waals surface area contributed by atoms with Gasteiger partial charge in [0.1, 0.15) is 4.90 Å². The van der Waals surface area contributed by atoms with Crippen LogP contribution in [0.1, 0.15) is 12.8 Å². The van der Waals surface area contributed by atoms with Gasteiger partial charge in [-0.05, 0) is 18.9 Å². The summed E-state index contributed by atoms with van der Waals surface area (Å²) in [6.07, 6.45) is 1.52. The lowest BCUT2D eigenvalue weighted by Crippen LogP contribution is -2.36. The lowest BCUT2D eigenvalue weighted by Gasteiger charge is -2.25. The molecule has 2 rings (SSSR count). The lowest BCUT2D eigenvalue weighted by molar-refractivity contribution is -0.385.